The first-order valence-corrected chi connectivity index (χ1v) is 10.1. The number of hydrogen-bond donors (Lipinski definition) is 0. The summed E-state index contributed by atoms with van der Waals surface area (Å²) in [5, 5.41) is 1.54. The first kappa shape index (κ1) is 17.3. The monoisotopic (exact) mass is 392 g/mol. The van der Waals surface area contributed by atoms with Crippen molar-refractivity contribution in [3.63, 3.8) is 0 Å². The van der Waals surface area contributed by atoms with Gasteiger partial charge in [0, 0.05) is 30.8 Å². The van der Waals surface area contributed by atoms with Gasteiger partial charge in [-0.25, -0.2) is 0 Å². The summed E-state index contributed by atoms with van der Waals surface area (Å²) >= 11 is 6.18. The zero-order chi connectivity index (χ0) is 18.1. The molecule has 26 heavy (non-hydrogen) atoms. The van der Waals surface area contributed by atoms with Crippen molar-refractivity contribution in [2.75, 3.05) is 13.2 Å². The molecule has 8 heteroatoms. The molecule has 0 saturated carbocycles. The second kappa shape index (κ2) is 6.90. The highest BCUT2D eigenvalue weighted by atomic mass is 35.5. The second-order valence-electron chi connectivity index (χ2n) is 6.15. The minimum absolute atomic E-state index is 0.161. The highest BCUT2D eigenvalue weighted by molar-refractivity contribution is 7.93. The lowest BCUT2D eigenvalue weighted by atomic mass is 10.0. The van der Waals surface area contributed by atoms with Crippen molar-refractivity contribution in [2.24, 2.45) is 4.40 Å². The lowest BCUT2D eigenvalue weighted by Gasteiger charge is -2.26. The van der Waals surface area contributed by atoms with Crippen LogP contribution >= 0.6 is 11.6 Å². The quantitative estimate of drug-likeness (QED) is 0.789. The smallest absolute Gasteiger partial charge is 0.278 e. The lowest BCUT2D eigenvalue weighted by Crippen LogP contribution is -2.28. The van der Waals surface area contributed by atoms with Gasteiger partial charge in [-0.3, -0.25) is 0 Å². The maximum Gasteiger partial charge on any atom is 0.278 e. The number of halogens is 1. The molecule has 0 N–H and O–H groups in total. The maximum atomic E-state index is 11.8. The van der Waals surface area contributed by atoms with Crippen LogP contribution in [0.25, 0.3) is 5.57 Å². The molecule has 1 saturated heterocycles. The molecule has 6 nitrogen and oxygen atoms in total. The average molecular weight is 393 g/mol. The van der Waals surface area contributed by atoms with E-state index in [1.807, 2.05) is 24.3 Å². The van der Waals surface area contributed by atoms with Gasteiger partial charge in [0.2, 0.25) is 0 Å². The molecule has 0 spiro atoms. The Kier molecular flexibility index (Phi) is 4.60. The fraction of sp³-hybridized carbons (Fsp3) is 0.278. The van der Waals surface area contributed by atoms with Gasteiger partial charge >= 0.3 is 0 Å². The summed E-state index contributed by atoms with van der Waals surface area (Å²) in [7, 11) is -3.62. The normalized spacial score (nSPS) is 22.2. The van der Waals surface area contributed by atoms with Gasteiger partial charge in [0.15, 0.2) is 5.84 Å². The minimum Gasteiger partial charge on any atom is -0.490 e. The van der Waals surface area contributed by atoms with E-state index >= 15 is 0 Å². The Labute approximate surface area is 157 Å². The van der Waals surface area contributed by atoms with Crippen molar-refractivity contribution in [3.05, 3.63) is 58.7 Å². The van der Waals surface area contributed by atoms with Gasteiger partial charge in [-0.15, -0.1) is 4.40 Å². The highest BCUT2D eigenvalue weighted by Gasteiger charge is 2.25. The summed E-state index contributed by atoms with van der Waals surface area (Å²) in [6.45, 7) is 1.44. The van der Waals surface area contributed by atoms with Crippen LogP contribution in [0.5, 0.6) is 5.75 Å². The Morgan fingerprint density at radius 2 is 1.92 bits per heavy atom. The van der Waals surface area contributed by atoms with Crippen LogP contribution in [0.3, 0.4) is 0 Å². The number of amidine groups is 1. The highest BCUT2D eigenvalue weighted by Crippen LogP contribution is 2.31. The van der Waals surface area contributed by atoms with E-state index in [1.165, 1.54) is 6.20 Å². The molecule has 0 aromatic heterocycles. The molecule has 0 amide bonds. The first-order chi connectivity index (χ1) is 12.5. The average Bonchev–Trinajstić information content (AvgIpc) is 2.63. The SMILES string of the molecule is O=S1(=O)C=CN2C=C(Cl)C=C(c3ccc(OC4CCOCC4)cc3)C2=N1. The van der Waals surface area contributed by atoms with Crippen LogP contribution in [0, 0.1) is 0 Å². The van der Waals surface area contributed by atoms with Crippen molar-refractivity contribution in [1.29, 1.82) is 0 Å². The fourth-order valence-electron chi connectivity index (χ4n) is 2.99. The lowest BCUT2D eigenvalue weighted by molar-refractivity contribution is 0.0256. The molecule has 0 unspecified atom stereocenters. The third-order valence-electron chi connectivity index (χ3n) is 4.27. The molecule has 3 heterocycles. The molecule has 0 radical (unpaired) electrons. The molecule has 0 bridgehead atoms. The van der Waals surface area contributed by atoms with E-state index in [0.29, 0.717) is 16.4 Å². The van der Waals surface area contributed by atoms with Crippen LogP contribution in [-0.4, -0.2) is 38.5 Å². The Bertz CT molecular complexity index is 926. The molecule has 0 aliphatic carbocycles. The molecule has 0 atom stereocenters. The van der Waals surface area contributed by atoms with E-state index in [4.69, 9.17) is 21.1 Å². The van der Waals surface area contributed by atoms with Gasteiger partial charge in [0.05, 0.1) is 23.7 Å². The molecule has 1 fully saturated rings. The number of hydrogen-bond acceptors (Lipinski definition) is 5. The van der Waals surface area contributed by atoms with Crippen LogP contribution in [0.1, 0.15) is 18.4 Å². The molecular formula is C18H17ClN2O4S. The molecular weight excluding hydrogens is 376 g/mol. The van der Waals surface area contributed by atoms with Crippen LogP contribution in [0.15, 0.2) is 57.6 Å². The van der Waals surface area contributed by atoms with Crippen molar-refractivity contribution in [2.45, 2.75) is 18.9 Å². The third-order valence-corrected chi connectivity index (χ3v) is 5.37. The number of rotatable bonds is 3. The largest absolute Gasteiger partial charge is 0.490 e. The van der Waals surface area contributed by atoms with Crippen LogP contribution in [-0.2, 0) is 14.8 Å². The van der Waals surface area contributed by atoms with Gasteiger partial charge in [-0.1, -0.05) is 23.7 Å². The fourth-order valence-corrected chi connectivity index (χ4v) is 3.98. The number of benzene rings is 1. The summed E-state index contributed by atoms with van der Waals surface area (Å²) in [4.78, 5) is 1.60. The summed E-state index contributed by atoms with van der Waals surface area (Å²) < 4.78 is 38.8. The molecule has 1 aromatic rings. The molecule has 1 aromatic carbocycles. The van der Waals surface area contributed by atoms with E-state index in [9.17, 15) is 8.42 Å². The van der Waals surface area contributed by atoms with Crippen LogP contribution in [0.4, 0.5) is 0 Å². The summed E-state index contributed by atoms with van der Waals surface area (Å²) in [6, 6.07) is 7.50. The number of nitrogens with zero attached hydrogens (tertiary/aromatic N) is 2. The Balaban J connectivity index is 1.60. The number of sulfonamides is 1. The van der Waals surface area contributed by atoms with E-state index in [2.05, 4.69) is 4.40 Å². The zero-order valence-corrected chi connectivity index (χ0v) is 15.4. The number of allylic oxidation sites excluding steroid dienone is 2. The van der Waals surface area contributed by atoms with Crippen LogP contribution in [0.2, 0.25) is 0 Å². The van der Waals surface area contributed by atoms with Crippen molar-refractivity contribution >= 4 is 33.0 Å². The second-order valence-corrected chi connectivity index (χ2v) is 8.07. The van der Waals surface area contributed by atoms with E-state index in [-0.39, 0.29) is 6.10 Å². The van der Waals surface area contributed by atoms with E-state index in [0.717, 1.165) is 42.8 Å². The van der Waals surface area contributed by atoms with Gasteiger partial charge in [0.25, 0.3) is 10.0 Å². The standard InChI is InChI=1S/C18H17ClN2O4S/c19-14-11-17(18-20-26(22,23)10-7-21(18)12-14)13-1-3-15(4-2-13)25-16-5-8-24-9-6-16/h1-4,7,10-12,16H,5-6,8-9H2. The topological polar surface area (TPSA) is 68.2 Å². The van der Waals surface area contributed by atoms with Gasteiger partial charge in [-0.05, 0) is 23.8 Å². The van der Waals surface area contributed by atoms with Gasteiger partial charge < -0.3 is 14.4 Å². The summed E-state index contributed by atoms with van der Waals surface area (Å²) in [5.74, 6) is 1.10. The Morgan fingerprint density at radius 1 is 1.19 bits per heavy atom. The molecule has 136 valence electrons. The van der Waals surface area contributed by atoms with E-state index < -0.39 is 10.0 Å². The molecule has 3 aliphatic heterocycles. The number of ether oxygens (including phenoxy) is 2. The first-order valence-electron chi connectivity index (χ1n) is 8.26. The van der Waals surface area contributed by atoms with E-state index in [1.54, 1.807) is 17.2 Å². The summed E-state index contributed by atoms with van der Waals surface area (Å²) in [6.07, 6.45) is 6.69. The van der Waals surface area contributed by atoms with Crippen molar-refractivity contribution in [1.82, 2.24) is 4.90 Å². The summed E-state index contributed by atoms with van der Waals surface area (Å²) in [5.41, 5.74) is 1.45. The Hall–Kier alpha value is -2.09. The van der Waals surface area contributed by atoms with Gasteiger partial charge in [0.1, 0.15) is 11.9 Å². The third kappa shape index (κ3) is 3.70. The van der Waals surface area contributed by atoms with Gasteiger partial charge in [-0.2, -0.15) is 8.42 Å². The van der Waals surface area contributed by atoms with Crippen molar-refractivity contribution < 1.29 is 17.9 Å². The molecule has 3 aliphatic rings. The zero-order valence-electron chi connectivity index (χ0n) is 13.8. The van der Waals surface area contributed by atoms with Crippen LogP contribution < -0.4 is 4.74 Å². The minimum atomic E-state index is -3.62. The number of fused-ring (bicyclic) bond motifs is 1. The predicted molar refractivity (Wildman–Crippen MR) is 100 cm³/mol. The molecule has 4 rings (SSSR count). The van der Waals surface area contributed by atoms with Crippen molar-refractivity contribution in [3.8, 4) is 5.75 Å². The maximum absolute atomic E-state index is 11.8. The Morgan fingerprint density at radius 3 is 2.65 bits per heavy atom. The predicted octanol–water partition coefficient (Wildman–Crippen LogP) is 3.24.